The first-order valence-corrected chi connectivity index (χ1v) is 4.12. The fourth-order valence-electron chi connectivity index (χ4n) is 1.68. The van der Waals surface area contributed by atoms with Gasteiger partial charge in [-0.25, -0.2) is 4.79 Å². The molecule has 3 heteroatoms. The maximum Gasteiger partial charge on any atom is 0.319 e. The number of carbonyl (C=O) groups is 1. The van der Waals surface area contributed by atoms with E-state index in [-0.39, 0.29) is 6.03 Å². The average Bonchev–Trinajstić information content (AvgIpc) is 2.04. The van der Waals surface area contributed by atoms with Crippen LogP contribution >= 0.6 is 0 Å². The summed E-state index contributed by atoms with van der Waals surface area (Å²) in [7, 11) is 0. The first-order chi connectivity index (χ1) is 5.36. The summed E-state index contributed by atoms with van der Waals surface area (Å²) >= 11 is 0. The molecule has 3 nitrogen and oxygen atoms in total. The van der Waals surface area contributed by atoms with E-state index in [0.29, 0.717) is 0 Å². The number of hydrogen-bond acceptors (Lipinski definition) is 1. The van der Waals surface area contributed by atoms with E-state index in [1.807, 2.05) is 0 Å². The van der Waals surface area contributed by atoms with Gasteiger partial charge in [0.1, 0.15) is 0 Å². The molecule has 1 aliphatic heterocycles. The maximum atomic E-state index is 10.9. The summed E-state index contributed by atoms with van der Waals surface area (Å²) in [6, 6.07) is -0.0364. The van der Waals surface area contributed by atoms with Crippen molar-refractivity contribution < 1.29 is 4.79 Å². The molecule has 0 spiro atoms. The second kappa shape index (κ2) is 2.57. The molecule has 2 N–H and O–H groups in total. The van der Waals surface area contributed by atoms with Crippen molar-refractivity contribution in [2.75, 3.05) is 6.54 Å². The number of amides is 2. The zero-order valence-electron chi connectivity index (χ0n) is 6.44. The smallest absolute Gasteiger partial charge is 0.319 e. The van der Waals surface area contributed by atoms with Crippen LogP contribution in [0.15, 0.2) is 11.3 Å². The maximum absolute atomic E-state index is 10.9. The fourth-order valence-corrected chi connectivity index (χ4v) is 1.68. The number of carbonyl (C=O) groups excluding carboxylic acids is 1. The van der Waals surface area contributed by atoms with Crippen LogP contribution in [0.1, 0.15) is 25.7 Å². The molecule has 1 heterocycles. The van der Waals surface area contributed by atoms with Crippen molar-refractivity contribution in [3.05, 3.63) is 11.3 Å². The summed E-state index contributed by atoms with van der Waals surface area (Å²) in [5.41, 5.74) is 2.58. The minimum Gasteiger partial charge on any atom is -0.334 e. The predicted octanol–water partition coefficient (Wildman–Crippen LogP) is 1.13. The van der Waals surface area contributed by atoms with Crippen molar-refractivity contribution in [3.8, 4) is 0 Å². The molecule has 0 aromatic heterocycles. The van der Waals surface area contributed by atoms with Gasteiger partial charge >= 0.3 is 6.03 Å². The van der Waals surface area contributed by atoms with E-state index < -0.39 is 0 Å². The normalized spacial score (nSPS) is 23.8. The number of nitrogens with one attached hydrogen (secondary N) is 2. The van der Waals surface area contributed by atoms with Gasteiger partial charge in [-0.05, 0) is 31.3 Å². The average molecular weight is 152 g/mol. The van der Waals surface area contributed by atoms with Gasteiger partial charge in [0, 0.05) is 12.2 Å². The molecule has 11 heavy (non-hydrogen) atoms. The Morgan fingerprint density at radius 2 is 2.00 bits per heavy atom. The van der Waals surface area contributed by atoms with Gasteiger partial charge in [0.15, 0.2) is 0 Å². The molecule has 0 bridgehead atoms. The molecule has 0 aromatic rings. The van der Waals surface area contributed by atoms with Crippen molar-refractivity contribution in [1.82, 2.24) is 10.6 Å². The molecule has 0 unspecified atom stereocenters. The number of rotatable bonds is 0. The molecule has 0 atom stereocenters. The van der Waals surface area contributed by atoms with Gasteiger partial charge in [0.25, 0.3) is 0 Å². The fraction of sp³-hybridized carbons (Fsp3) is 0.625. The van der Waals surface area contributed by atoms with Crippen LogP contribution in [0.2, 0.25) is 0 Å². The highest BCUT2D eigenvalue weighted by Crippen LogP contribution is 2.23. The third-order valence-electron chi connectivity index (χ3n) is 2.31. The van der Waals surface area contributed by atoms with Gasteiger partial charge < -0.3 is 10.6 Å². The van der Waals surface area contributed by atoms with Crippen molar-refractivity contribution >= 4 is 6.03 Å². The molecule has 0 aromatic carbocycles. The van der Waals surface area contributed by atoms with Gasteiger partial charge in [0.2, 0.25) is 0 Å². The Labute approximate surface area is 65.9 Å². The van der Waals surface area contributed by atoms with Crippen LogP contribution in [-0.2, 0) is 0 Å². The van der Waals surface area contributed by atoms with Gasteiger partial charge in [-0.2, -0.15) is 0 Å². The SMILES string of the molecule is O=C1NCC2=C(CCCC2)N1. The number of allylic oxidation sites excluding steroid dienone is 1. The van der Waals surface area contributed by atoms with Crippen LogP contribution in [0.3, 0.4) is 0 Å². The van der Waals surface area contributed by atoms with Crippen molar-refractivity contribution in [3.63, 3.8) is 0 Å². The zero-order valence-corrected chi connectivity index (χ0v) is 6.44. The lowest BCUT2D eigenvalue weighted by Gasteiger charge is -2.25. The third kappa shape index (κ3) is 1.23. The van der Waals surface area contributed by atoms with Gasteiger partial charge in [-0.3, -0.25) is 0 Å². The van der Waals surface area contributed by atoms with Gasteiger partial charge in [-0.1, -0.05) is 0 Å². The van der Waals surface area contributed by atoms with Crippen LogP contribution in [0, 0.1) is 0 Å². The zero-order chi connectivity index (χ0) is 7.68. The van der Waals surface area contributed by atoms with Gasteiger partial charge in [-0.15, -0.1) is 0 Å². The molecule has 2 amide bonds. The first kappa shape index (κ1) is 6.70. The monoisotopic (exact) mass is 152 g/mol. The molecular formula is C8H12N2O. The van der Waals surface area contributed by atoms with Crippen LogP contribution in [0.25, 0.3) is 0 Å². The molecule has 0 saturated heterocycles. The minimum absolute atomic E-state index is 0.0364. The Bertz CT molecular complexity index is 220. The highest BCUT2D eigenvalue weighted by molar-refractivity contribution is 5.77. The Morgan fingerprint density at radius 1 is 1.18 bits per heavy atom. The molecule has 2 aliphatic rings. The van der Waals surface area contributed by atoms with E-state index >= 15 is 0 Å². The molecule has 1 aliphatic carbocycles. The van der Waals surface area contributed by atoms with Crippen LogP contribution in [0.5, 0.6) is 0 Å². The Hall–Kier alpha value is -0.990. The Morgan fingerprint density at radius 3 is 2.91 bits per heavy atom. The number of hydrogen-bond donors (Lipinski definition) is 2. The Balaban J connectivity index is 2.18. The second-order valence-electron chi connectivity index (χ2n) is 3.10. The van der Waals surface area contributed by atoms with E-state index in [0.717, 1.165) is 19.4 Å². The summed E-state index contributed by atoms with van der Waals surface area (Å²) in [5, 5.41) is 5.62. The lowest BCUT2D eigenvalue weighted by molar-refractivity contribution is 0.241. The van der Waals surface area contributed by atoms with E-state index in [1.165, 1.54) is 24.1 Å². The van der Waals surface area contributed by atoms with Crippen LogP contribution in [0.4, 0.5) is 4.79 Å². The van der Waals surface area contributed by atoms with Crippen molar-refractivity contribution in [1.29, 1.82) is 0 Å². The summed E-state index contributed by atoms with van der Waals surface area (Å²) in [5.74, 6) is 0. The topological polar surface area (TPSA) is 41.1 Å². The summed E-state index contributed by atoms with van der Waals surface area (Å²) < 4.78 is 0. The van der Waals surface area contributed by atoms with Crippen molar-refractivity contribution in [2.45, 2.75) is 25.7 Å². The third-order valence-corrected chi connectivity index (χ3v) is 2.31. The van der Waals surface area contributed by atoms with E-state index in [4.69, 9.17) is 0 Å². The quantitative estimate of drug-likeness (QED) is 0.536. The summed E-state index contributed by atoms with van der Waals surface area (Å²) in [6.45, 7) is 0.765. The Kier molecular flexibility index (Phi) is 1.56. The lowest BCUT2D eigenvalue weighted by atomic mass is 9.95. The lowest BCUT2D eigenvalue weighted by Crippen LogP contribution is -2.42. The summed E-state index contributed by atoms with van der Waals surface area (Å²) in [6.07, 6.45) is 4.71. The summed E-state index contributed by atoms with van der Waals surface area (Å²) in [4.78, 5) is 10.9. The minimum atomic E-state index is -0.0364. The van der Waals surface area contributed by atoms with Crippen LogP contribution < -0.4 is 10.6 Å². The van der Waals surface area contributed by atoms with E-state index in [9.17, 15) is 4.79 Å². The van der Waals surface area contributed by atoms with E-state index in [1.54, 1.807) is 0 Å². The standard InChI is InChI=1S/C8H12N2O/c11-8-9-5-6-3-1-2-4-7(6)10-8/h1-5H2,(H2,9,10,11). The predicted molar refractivity (Wildman–Crippen MR) is 42.0 cm³/mol. The van der Waals surface area contributed by atoms with Gasteiger partial charge in [0.05, 0.1) is 0 Å². The molecular weight excluding hydrogens is 140 g/mol. The molecule has 2 rings (SSSR count). The largest absolute Gasteiger partial charge is 0.334 e. The van der Waals surface area contributed by atoms with Crippen molar-refractivity contribution in [2.24, 2.45) is 0 Å². The number of urea groups is 1. The molecule has 0 saturated carbocycles. The van der Waals surface area contributed by atoms with E-state index in [2.05, 4.69) is 10.6 Å². The molecule has 0 radical (unpaired) electrons. The highest BCUT2D eigenvalue weighted by Gasteiger charge is 2.18. The molecule has 0 fully saturated rings. The second-order valence-corrected chi connectivity index (χ2v) is 3.10. The molecule has 60 valence electrons. The highest BCUT2D eigenvalue weighted by atomic mass is 16.2. The first-order valence-electron chi connectivity index (χ1n) is 4.12. The van der Waals surface area contributed by atoms with Crippen LogP contribution in [-0.4, -0.2) is 12.6 Å².